The minimum Gasteiger partial charge on any atom is -0.469 e. The van der Waals surface area contributed by atoms with Gasteiger partial charge in [-0.25, -0.2) is 0 Å². The summed E-state index contributed by atoms with van der Waals surface area (Å²) in [6, 6.07) is 16.1. The van der Waals surface area contributed by atoms with Crippen LogP contribution in [0.4, 0.5) is 11.4 Å². The van der Waals surface area contributed by atoms with E-state index < -0.39 is 0 Å². The first-order chi connectivity index (χ1) is 14.2. The molecule has 0 bridgehead atoms. The summed E-state index contributed by atoms with van der Waals surface area (Å²) < 4.78 is 4.78. The standard InChI is InChI=1S/C23H27N3O2S/c1-28-22(27)10-11-24-13-15-25(16-14-24)18-9-12-26-19-6-2-3-7-20(19)29-21-8-4-5-17(18)23(21)26/h2-8,18H,9-16H2,1H3. The van der Waals surface area contributed by atoms with Crippen molar-refractivity contribution in [3.05, 3.63) is 48.0 Å². The summed E-state index contributed by atoms with van der Waals surface area (Å²) in [4.78, 5) is 21.7. The number of methoxy groups -OCH3 is 1. The summed E-state index contributed by atoms with van der Waals surface area (Å²) in [5.41, 5.74) is 4.24. The lowest BCUT2D eigenvalue weighted by atomic mass is 9.93. The van der Waals surface area contributed by atoms with Crippen molar-refractivity contribution < 1.29 is 9.53 Å². The monoisotopic (exact) mass is 409 g/mol. The minimum atomic E-state index is -0.117. The van der Waals surface area contributed by atoms with E-state index in [2.05, 4.69) is 57.2 Å². The lowest BCUT2D eigenvalue weighted by molar-refractivity contribution is -0.141. The van der Waals surface area contributed by atoms with Crippen LogP contribution in [-0.2, 0) is 9.53 Å². The molecule has 0 saturated carbocycles. The number of carbonyl (C=O) groups excluding carboxylic acids is 1. The maximum absolute atomic E-state index is 11.4. The van der Waals surface area contributed by atoms with Gasteiger partial charge in [0.2, 0.25) is 0 Å². The number of anilines is 2. The van der Waals surface area contributed by atoms with E-state index >= 15 is 0 Å². The molecule has 3 aliphatic rings. The maximum atomic E-state index is 11.4. The summed E-state index contributed by atoms with van der Waals surface area (Å²) in [5, 5.41) is 0. The van der Waals surface area contributed by atoms with Crippen molar-refractivity contribution in [1.29, 1.82) is 0 Å². The second-order valence-corrected chi connectivity index (χ2v) is 9.01. The summed E-state index contributed by atoms with van der Waals surface area (Å²) in [6.45, 7) is 6.01. The van der Waals surface area contributed by atoms with Gasteiger partial charge in [0, 0.05) is 55.1 Å². The Balaban J connectivity index is 1.33. The second kappa shape index (κ2) is 8.01. The second-order valence-electron chi connectivity index (χ2n) is 7.92. The van der Waals surface area contributed by atoms with Crippen LogP contribution in [0.3, 0.4) is 0 Å². The highest BCUT2D eigenvalue weighted by Gasteiger charge is 2.35. The largest absolute Gasteiger partial charge is 0.469 e. The topological polar surface area (TPSA) is 36.0 Å². The molecular formula is C23H27N3O2S. The Bertz CT molecular complexity index is 911. The van der Waals surface area contributed by atoms with E-state index in [1.54, 1.807) is 0 Å². The van der Waals surface area contributed by atoms with Crippen molar-refractivity contribution in [2.24, 2.45) is 0 Å². The Labute approximate surface area is 176 Å². The number of hydrogen-bond acceptors (Lipinski definition) is 6. The van der Waals surface area contributed by atoms with Gasteiger partial charge in [0.25, 0.3) is 0 Å². The smallest absolute Gasteiger partial charge is 0.306 e. The first kappa shape index (κ1) is 19.0. The molecule has 0 radical (unpaired) electrons. The van der Waals surface area contributed by atoms with Crippen LogP contribution in [0.2, 0.25) is 0 Å². The molecule has 29 heavy (non-hydrogen) atoms. The lowest BCUT2D eigenvalue weighted by Gasteiger charge is -2.46. The molecule has 1 unspecified atom stereocenters. The van der Waals surface area contributed by atoms with E-state index in [1.165, 1.54) is 33.8 Å². The van der Waals surface area contributed by atoms with Crippen LogP contribution in [0, 0.1) is 0 Å². The average Bonchev–Trinajstić information content (AvgIpc) is 2.78. The third kappa shape index (κ3) is 3.54. The number of nitrogens with zero attached hydrogens (tertiary/aromatic N) is 3. The van der Waals surface area contributed by atoms with Gasteiger partial charge in [0.15, 0.2) is 0 Å². The fraction of sp³-hybridized carbons (Fsp3) is 0.435. The predicted molar refractivity (Wildman–Crippen MR) is 116 cm³/mol. The summed E-state index contributed by atoms with van der Waals surface area (Å²) in [5.74, 6) is -0.117. The summed E-state index contributed by atoms with van der Waals surface area (Å²) >= 11 is 1.90. The third-order valence-corrected chi connectivity index (χ3v) is 7.48. The Morgan fingerprint density at radius 2 is 1.83 bits per heavy atom. The summed E-state index contributed by atoms with van der Waals surface area (Å²) in [6.07, 6.45) is 1.63. The third-order valence-electron chi connectivity index (χ3n) is 6.37. The van der Waals surface area contributed by atoms with Gasteiger partial charge in [-0.3, -0.25) is 9.69 Å². The Kier molecular flexibility index (Phi) is 5.24. The molecule has 1 fully saturated rings. The molecule has 5 rings (SSSR count). The van der Waals surface area contributed by atoms with Crippen LogP contribution in [0.5, 0.6) is 0 Å². The number of para-hydroxylation sites is 2. The number of piperazine rings is 1. The lowest BCUT2D eigenvalue weighted by Crippen LogP contribution is -2.49. The normalized spacial score (nSPS) is 21.4. The van der Waals surface area contributed by atoms with Crippen LogP contribution >= 0.6 is 11.8 Å². The predicted octanol–water partition coefficient (Wildman–Crippen LogP) is 3.91. The van der Waals surface area contributed by atoms with E-state index in [4.69, 9.17) is 4.74 Å². The van der Waals surface area contributed by atoms with Gasteiger partial charge >= 0.3 is 5.97 Å². The van der Waals surface area contributed by atoms with Crippen molar-refractivity contribution in [2.45, 2.75) is 28.7 Å². The molecular weight excluding hydrogens is 382 g/mol. The van der Waals surface area contributed by atoms with Gasteiger partial charge in [0.05, 0.1) is 24.9 Å². The van der Waals surface area contributed by atoms with E-state index in [9.17, 15) is 4.79 Å². The van der Waals surface area contributed by atoms with Crippen molar-refractivity contribution in [3.8, 4) is 0 Å². The van der Waals surface area contributed by atoms with Crippen LogP contribution in [0.25, 0.3) is 0 Å². The highest BCUT2D eigenvalue weighted by atomic mass is 32.2. The molecule has 0 aliphatic carbocycles. The summed E-state index contributed by atoms with van der Waals surface area (Å²) in [7, 11) is 1.46. The molecule has 0 aromatic heterocycles. The SMILES string of the molecule is COC(=O)CCN1CCN(C2CCN3c4ccccc4Sc4cccc2c43)CC1. The first-order valence-electron chi connectivity index (χ1n) is 10.4. The van der Waals surface area contributed by atoms with Crippen LogP contribution < -0.4 is 4.90 Å². The Morgan fingerprint density at radius 3 is 2.66 bits per heavy atom. The number of fused-ring (bicyclic) bond motifs is 2. The highest BCUT2D eigenvalue weighted by Crippen LogP contribution is 2.53. The fourth-order valence-electron chi connectivity index (χ4n) is 4.85. The number of hydrogen-bond donors (Lipinski definition) is 0. The highest BCUT2D eigenvalue weighted by molar-refractivity contribution is 7.99. The number of esters is 1. The van der Waals surface area contributed by atoms with E-state index in [-0.39, 0.29) is 5.97 Å². The number of carbonyl (C=O) groups is 1. The molecule has 2 aromatic carbocycles. The minimum absolute atomic E-state index is 0.117. The van der Waals surface area contributed by atoms with Crippen molar-refractivity contribution in [2.75, 3.05) is 51.3 Å². The molecule has 152 valence electrons. The first-order valence-corrected chi connectivity index (χ1v) is 11.3. The van der Waals surface area contributed by atoms with Gasteiger partial charge < -0.3 is 14.5 Å². The molecule has 5 nitrogen and oxygen atoms in total. The van der Waals surface area contributed by atoms with Crippen molar-refractivity contribution in [3.63, 3.8) is 0 Å². The molecule has 3 aliphatic heterocycles. The molecule has 3 heterocycles. The van der Waals surface area contributed by atoms with Gasteiger partial charge in [0.1, 0.15) is 0 Å². The van der Waals surface area contributed by atoms with Gasteiger partial charge in [-0.1, -0.05) is 36.0 Å². The zero-order chi connectivity index (χ0) is 19.8. The van der Waals surface area contributed by atoms with Gasteiger partial charge in [-0.15, -0.1) is 0 Å². The molecule has 6 heteroatoms. The van der Waals surface area contributed by atoms with Crippen LogP contribution in [0.1, 0.15) is 24.4 Å². The molecule has 0 amide bonds. The number of rotatable bonds is 4. The zero-order valence-electron chi connectivity index (χ0n) is 16.8. The number of benzene rings is 2. The van der Waals surface area contributed by atoms with E-state index in [1.807, 2.05) is 11.8 Å². The molecule has 1 atom stereocenters. The maximum Gasteiger partial charge on any atom is 0.306 e. The molecule has 0 spiro atoms. The number of ether oxygens (including phenoxy) is 1. The van der Waals surface area contributed by atoms with Crippen LogP contribution in [-0.4, -0.2) is 62.1 Å². The van der Waals surface area contributed by atoms with E-state index in [0.717, 1.165) is 45.7 Å². The van der Waals surface area contributed by atoms with Gasteiger partial charge in [-0.2, -0.15) is 0 Å². The average molecular weight is 410 g/mol. The molecule has 0 N–H and O–H groups in total. The van der Waals surface area contributed by atoms with E-state index in [0.29, 0.717) is 12.5 Å². The zero-order valence-corrected chi connectivity index (χ0v) is 17.7. The van der Waals surface area contributed by atoms with Crippen molar-refractivity contribution in [1.82, 2.24) is 9.80 Å². The van der Waals surface area contributed by atoms with Crippen molar-refractivity contribution >= 4 is 29.1 Å². The van der Waals surface area contributed by atoms with Gasteiger partial charge in [-0.05, 0) is 30.2 Å². The van der Waals surface area contributed by atoms with Crippen LogP contribution in [0.15, 0.2) is 52.3 Å². The molecule has 1 saturated heterocycles. The fourth-order valence-corrected chi connectivity index (χ4v) is 5.99. The Morgan fingerprint density at radius 1 is 1.03 bits per heavy atom. The quantitative estimate of drug-likeness (QED) is 0.713. The Hall–Kier alpha value is -2.02. The molecule has 2 aromatic rings.